The monoisotopic (exact) mass is 649 g/mol. The molecule has 1 fully saturated rings. The van der Waals surface area contributed by atoms with Gasteiger partial charge in [-0.15, -0.1) is 0 Å². The molecule has 4 aromatic carbocycles. The number of carbonyl (C=O) groups excluding carboxylic acids is 1. The van der Waals surface area contributed by atoms with Gasteiger partial charge in [0, 0.05) is 44.8 Å². The molecular formula is C37H39ClF3N3O2. The quantitative estimate of drug-likeness (QED) is 0.154. The van der Waals surface area contributed by atoms with Crippen molar-refractivity contribution in [2.24, 2.45) is 0 Å². The van der Waals surface area contributed by atoms with E-state index in [0.717, 1.165) is 30.3 Å². The molecule has 5 nitrogen and oxygen atoms in total. The van der Waals surface area contributed by atoms with E-state index in [2.05, 4.69) is 16.7 Å². The zero-order chi connectivity index (χ0) is 32.7. The normalized spacial score (nSPS) is 14.5. The number of piperazine rings is 1. The average Bonchev–Trinajstić information content (AvgIpc) is 3.07. The number of rotatable bonds is 11. The van der Waals surface area contributed by atoms with Gasteiger partial charge in [0.15, 0.2) is 0 Å². The minimum absolute atomic E-state index is 0.0100. The Bertz CT molecular complexity index is 1550. The van der Waals surface area contributed by atoms with Gasteiger partial charge in [0.05, 0.1) is 22.7 Å². The Morgan fingerprint density at radius 1 is 0.848 bits per heavy atom. The summed E-state index contributed by atoms with van der Waals surface area (Å²) in [5.74, 6) is 0.588. The standard InChI is InChI=1S/C37H39ClF3N3O2/c1-36(30-14-5-3-6-15-30,31-16-7-4-8-17-31)44(27-29-13-10-19-33(34(29)38)37(39,40)41)20-11-25-46-32-18-9-12-28(26-32)35(45)43-23-21-42(2)22-24-43/h3-10,12-19,26H,11,20-25,27H2,1-2H3. The molecule has 1 aliphatic heterocycles. The number of likely N-dealkylation sites (N-methyl/N-ethyl adjacent to an activating group) is 1. The van der Waals surface area contributed by atoms with Crippen LogP contribution in [0, 0.1) is 0 Å². The van der Waals surface area contributed by atoms with Gasteiger partial charge in [-0.1, -0.05) is 90.5 Å². The molecule has 1 heterocycles. The van der Waals surface area contributed by atoms with Crippen molar-refractivity contribution in [1.29, 1.82) is 0 Å². The van der Waals surface area contributed by atoms with E-state index in [1.165, 1.54) is 6.07 Å². The second-order valence-corrected chi connectivity index (χ2v) is 12.2. The fourth-order valence-corrected chi connectivity index (χ4v) is 6.29. The van der Waals surface area contributed by atoms with E-state index in [4.69, 9.17) is 16.3 Å². The molecule has 0 aliphatic carbocycles. The summed E-state index contributed by atoms with van der Waals surface area (Å²) < 4.78 is 47.5. The van der Waals surface area contributed by atoms with Crippen LogP contribution in [0.4, 0.5) is 13.2 Å². The largest absolute Gasteiger partial charge is 0.494 e. The lowest BCUT2D eigenvalue weighted by Gasteiger charge is -2.43. The molecule has 0 unspecified atom stereocenters. The Hall–Kier alpha value is -3.85. The van der Waals surface area contributed by atoms with Crippen LogP contribution in [0.2, 0.25) is 5.02 Å². The van der Waals surface area contributed by atoms with E-state index in [1.807, 2.05) is 84.7 Å². The van der Waals surface area contributed by atoms with Crippen LogP contribution in [-0.2, 0) is 18.3 Å². The third-order valence-electron chi connectivity index (χ3n) is 8.76. The molecule has 0 saturated carbocycles. The molecule has 9 heteroatoms. The van der Waals surface area contributed by atoms with Crippen molar-refractivity contribution in [3.05, 3.63) is 136 Å². The number of hydrogen-bond acceptors (Lipinski definition) is 4. The number of amides is 1. The van der Waals surface area contributed by atoms with Gasteiger partial charge in [-0.3, -0.25) is 9.69 Å². The van der Waals surface area contributed by atoms with E-state index in [-0.39, 0.29) is 17.5 Å². The minimum atomic E-state index is -4.56. The molecule has 46 heavy (non-hydrogen) atoms. The number of alkyl halides is 3. The first kappa shape index (κ1) is 33.5. The highest BCUT2D eigenvalue weighted by atomic mass is 35.5. The first-order chi connectivity index (χ1) is 22.1. The molecule has 1 saturated heterocycles. The molecule has 5 rings (SSSR count). The molecule has 0 radical (unpaired) electrons. The second-order valence-electron chi connectivity index (χ2n) is 11.8. The molecule has 4 aromatic rings. The molecule has 0 N–H and O–H groups in total. The summed E-state index contributed by atoms with van der Waals surface area (Å²) in [7, 11) is 2.05. The van der Waals surface area contributed by atoms with Crippen molar-refractivity contribution in [2.45, 2.75) is 31.6 Å². The third-order valence-corrected chi connectivity index (χ3v) is 9.21. The average molecular weight is 650 g/mol. The highest BCUT2D eigenvalue weighted by Gasteiger charge is 2.38. The number of halogens is 4. The predicted molar refractivity (Wildman–Crippen MR) is 176 cm³/mol. The van der Waals surface area contributed by atoms with Crippen molar-refractivity contribution in [2.75, 3.05) is 46.4 Å². The Labute approximate surface area is 274 Å². The minimum Gasteiger partial charge on any atom is -0.494 e. The van der Waals surface area contributed by atoms with Crippen LogP contribution in [0.15, 0.2) is 103 Å². The summed E-state index contributed by atoms with van der Waals surface area (Å²) in [5, 5.41) is -0.290. The van der Waals surface area contributed by atoms with Crippen molar-refractivity contribution in [1.82, 2.24) is 14.7 Å². The zero-order valence-corrected chi connectivity index (χ0v) is 26.9. The van der Waals surface area contributed by atoms with Gasteiger partial charge >= 0.3 is 6.18 Å². The van der Waals surface area contributed by atoms with Crippen LogP contribution < -0.4 is 4.74 Å². The van der Waals surface area contributed by atoms with Gasteiger partial charge in [0.1, 0.15) is 5.75 Å². The van der Waals surface area contributed by atoms with E-state index < -0.39 is 17.3 Å². The van der Waals surface area contributed by atoms with Crippen molar-refractivity contribution >= 4 is 17.5 Å². The fraction of sp³-hybridized carbons (Fsp3) is 0.324. The number of benzene rings is 4. The summed E-state index contributed by atoms with van der Waals surface area (Å²) >= 11 is 6.42. The number of ether oxygens (including phenoxy) is 1. The first-order valence-electron chi connectivity index (χ1n) is 15.5. The van der Waals surface area contributed by atoms with Crippen molar-refractivity contribution in [3.63, 3.8) is 0 Å². The Balaban J connectivity index is 1.38. The maximum atomic E-state index is 13.8. The first-order valence-corrected chi connectivity index (χ1v) is 15.9. The maximum absolute atomic E-state index is 13.8. The van der Waals surface area contributed by atoms with Crippen LogP contribution in [-0.4, -0.2) is 67.0 Å². The van der Waals surface area contributed by atoms with E-state index in [1.54, 1.807) is 18.2 Å². The van der Waals surface area contributed by atoms with Crippen molar-refractivity contribution < 1.29 is 22.7 Å². The van der Waals surface area contributed by atoms with E-state index in [0.29, 0.717) is 49.5 Å². The summed E-state index contributed by atoms with van der Waals surface area (Å²) in [5.41, 5.74) is 1.44. The smallest absolute Gasteiger partial charge is 0.417 e. The molecular weight excluding hydrogens is 611 g/mol. The lowest BCUT2D eigenvalue weighted by Crippen LogP contribution is -2.47. The Morgan fingerprint density at radius 3 is 2.07 bits per heavy atom. The lowest BCUT2D eigenvalue weighted by atomic mass is 9.82. The summed E-state index contributed by atoms with van der Waals surface area (Å²) in [6, 6.07) is 31.2. The van der Waals surface area contributed by atoms with Crippen LogP contribution >= 0.6 is 11.6 Å². The second kappa shape index (κ2) is 14.7. The maximum Gasteiger partial charge on any atom is 0.417 e. The lowest BCUT2D eigenvalue weighted by molar-refractivity contribution is -0.137. The molecule has 0 bridgehead atoms. The van der Waals surface area contributed by atoms with Crippen molar-refractivity contribution in [3.8, 4) is 5.75 Å². The zero-order valence-electron chi connectivity index (χ0n) is 26.1. The molecule has 1 amide bonds. The fourth-order valence-electron chi connectivity index (χ4n) is 6.00. The van der Waals surface area contributed by atoms with Crippen LogP contribution in [0.5, 0.6) is 5.75 Å². The molecule has 0 aromatic heterocycles. The van der Waals surface area contributed by atoms with Gasteiger partial charge in [-0.25, -0.2) is 0 Å². The Morgan fingerprint density at radius 2 is 1.46 bits per heavy atom. The Kier molecular flexibility index (Phi) is 10.7. The third kappa shape index (κ3) is 7.74. The van der Waals surface area contributed by atoms with Crippen LogP contribution in [0.3, 0.4) is 0 Å². The SMILES string of the molecule is CN1CCN(C(=O)c2cccc(OCCCN(Cc3cccc(C(F)(F)F)c3Cl)C(C)(c3ccccc3)c3ccccc3)c2)CC1. The highest BCUT2D eigenvalue weighted by Crippen LogP contribution is 2.40. The highest BCUT2D eigenvalue weighted by molar-refractivity contribution is 6.32. The molecule has 242 valence electrons. The van der Waals surface area contributed by atoms with Gasteiger partial charge in [-0.2, -0.15) is 13.2 Å². The van der Waals surface area contributed by atoms with Gasteiger partial charge in [-0.05, 0) is 61.3 Å². The van der Waals surface area contributed by atoms with Crippen LogP contribution in [0.1, 0.15) is 46.0 Å². The summed E-state index contributed by atoms with van der Waals surface area (Å²) in [6.45, 7) is 6.17. The molecule has 0 atom stereocenters. The van der Waals surface area contributed by atoms with Gasteiger partial charge in [0.25, 0.3) is 5.91 Å². The van der Waals surface area contributed by atoms with Crippen LogP contribution in [0.25, 0.3) is 0 Å². The number of carbonyl (C=O) groups is 1. The van der Waals surface area contributed by atoms with Gasteiger partial charge in [0.2, 0.25) is 0 Å². The molecule has 0 spiro atoms. The number of hydrogen-bond donors (Lipinski definition) is 0. The topological polar surface area (TPSA) is 36.0 Å². The predicted octanol–water partition coefficient (Wildman–Crippen LogP) is 7.98. The number of nitrogens with zero attached hydrogens (tertiary/aromatic N) is 3. The van der Waals surface area contributed by atoms with E-state index in [9.17, 15) is 18.0 Å². The van der Waals surface area contributed by atoms with Gasteiger partial charge < -0.3 is 14.5 Å². The summed E-state index contributed by atoms with van der Waals surface area (Å²) in [6.07, 6.45) is -3.99. The molecule has 1 aliphatic rings. The van der Waals surface area contributed by atoms with E-state index >= 15 is 0 Å². The summed E-state index contributed by atoms with van der Waals surface area (Å²) in [4.78, 5) is 19.3.